The molecule has 0 aromatic heterocycles. The molecule has 1 aliphatic rings. The van der Waals surface area contributed by atoms with Crippen molar-refractivity contribution in [1.29, 1.82) is 0 Å². The van der Waals surface area contributed by atoms with Crippen molar-refractivity contribution in [2.75, 3.05) is 19.9 Å². The minimum Gasteiger partial charge on any atom is -0.495 e. The van der Waals surface area contributed by atoms with Crippen LogP contribution >= 0.6 is 0 Å². The van der Waals surface area contributed by atoms with Gasteiger partial charge in [0.05, 0.1) is 17.7 Å². The second-order valence-corrected chi connectivity index (χ2v) is 7.21. The summed E-state index contributed by atoms with van der Waals surface area (Å²) in [6.07, 6.45) is 5.24. The van der Waals surface area contributed by atoms with Gasteiger partial charge in [0.1, 0.15) is 5.75 Å². The Morgan fingerprint density at radius 2 is 1.90 bits per heavy atom. The summed E-state index contributed by atoms with van der Waals surface area (Å²) in [6, 6.07) is 4.70. The number of rotatable bonds is 4. The van der Waals surface area contributed by atoms with Crippen LogP contribution in [0.15, 0.2) is 23.1 Å². The average Bonchev–Trinajstić information content (AvgIpc) is 2.47. The monoisotopic (exact) mass is 298 g/mol. The largest absolute Gasteiger partial charge is 0.495 e. The van der Waals surface area contributed by atoms with Crippen molar-refractivity contribution in [3.63, 3.8) is 0 Å². The lowest BCUT2D eigenvalue weighted by Gasteiger charge is -2.30. The van der Waals surface area contributed by atoms with Crippen molar-refractivity contribution < 1.29 is 13.2 Å². The van der Waals surface area contributed by atoms with Crippen molar-refractivity contribution in [2.24, 2.45) is 0 Å². The first-order chi connectivity index (χ1) is 9.46. The first kappa shape index (κ1) is 15.1. The standard InChI is InChI=1S/C14H22N2O3S/c1-16(11-6-4-3-5-7-11)20(17,18)12-8-9-14(19-2)13(15)10-12/h8-11H,3-7,15H2,1-2H3. The van der Waals surface area contributed by atoms with Crippen molar-refractivity contribution in [2.45, 2.75) is 43.0 Å². The number of ether oxygens (including phenoxy) is 1. The summed E-state index contributed by atoms with van der Waals surface area (Å²) in [5.74, 6) is 0.490. The molecule has 1 aromatic rings. The van der Waals surface area contributed by atoms with Gasteiger partial charge in [0.2, 0.25) is 10.0 Å². The smallest absolute Gasteiger partial charge is 0.243 e. The van der Waals surface area contributed by atoms with Crippen LogP contribution in [-0.4, -0.2) is 32.9 Å². The Kier molecular flexibility index (Phi) is 4.55. The Bertz CT molecular complexity index is 566. The molecule has 0 saturated heterocycles. The van der Waals surface area contributed by atoms with E-state index in [0.29, 0.717) is 11.4 Å². The minimum absolute atomic E-state index is 0.0945. The molecule has 5 nitrogen and oxygen atoms in total. The minimum atomic E-state index is -3.49. The topological polar surface area (TPSA) is 72.6 Å². The van der Waals surface area contributed by atoms with E-state index < -0.39 is 10.0 Å². The maximum absolute atomic E-state index is 12.6. The number of anilines is 1. The first-order valence-corrected chi connectivity index (χ1v) is 8.32. The molecular formula is C14H22N2O3S. The number of hydrogen-bond donors (Lipinski definition) is 1. The van der Waals surface area contributed by atoms with Crippen molar-refractivity contribution >= 4 is 15.7 Å². The number of hydrogen-bond acceptors (Lipinski definition) is 4. The number of nitrogen functional groups attached to an aromatic ring is 1. The molecule has 6 heteroatoms. The van der Waals surface area contributed by atoms with Crippen LogP contribution in [-0.2, 0) is 10.0 Å². The number of sulfonamides is 1. The lowest BCUT2D eigenvalue weighted by molar-refractivity contribution is 0.286. The molecule has 0 bridgehead atoms. The van der Waals surface area contributed by atoms with Crippen LogP contribution in [0.2, 0.25) is 0 Å². The summed E-state index contributed by atoms with van der Waals surface area (Å²) in [7, 11) is -0.322. The Morgan fingerprint density at radius 1 is 1.25 bits per heavy atom. The van der Waals surface area contributed by atoms with Crippen LogP contribution < -0.4 is 10.5 Å². The van der Waals surface area contributed by atoms with Gasteiger partial charge >= 0.3 is 0 Å². The SMILES string of the molecule is COc1ccc(S(=O)(=O)N(C)C2CCCCC2)cc1N. The van der Waals surface area contributed by atoms with Crippen LogP contribution in [0, 0.1) is 0 Å². The summed E-state index contributed by atoms with van der Waals surface area (Å²) in [6.45, 7) is 0. The second kappa shape index (κ2) is 6.01. The van der Waals surface area contributed by atoms with E-state index in [1.54, 1.807) is 19.2 Å². The van der Waals surface area contributed by atoms with Gasteiger partial charge in [-0.1, -0.05) is 19.3 Å². The summed E-state index contributed by atoms with van der Waals surface area (Å²) in [5.41, 5.74) is 6.14. The van der Waals surface area contributed by atoms with Crippen LogP contribution in [0.1, 0.15) is 32.1 Å². The van der Waals surface area contributed by atoms with Crippen molar-refractivity contribution in [1.82, 2.24) is 4.31 Å². The van der Waals surface area contributed by atoms with Gasteiger partial charge in [0, 0.05) is 13.1 Å². The number of nitrogens with zero attached hydrogens (tertiary/aromatic N) is 1. The van der Waals surface area contributed by atoms with E-state index >= 15 is 0 Å². The zero-order chi connectivity index (χ0) is 14.8. The maximum Gasteiger partial charge on any atom is 0.243 e. The fourth-order valence-electron chi connectivity index (χ4n) is 2.68. The first-order valence-electron chi connectivity index (χ1n) is 6.88. The normalized spacial score (nSPS) is 17.4. The van der Waals surface area contributed by atoms with Gasteiger partial charge in [-0.05, 0) is 31.0 Å². The number of benzene rings is 1. The van der Waals surface area contributed by atoms with Gasteiger partial charge in [-0.2, -0.15) is 4.31 Å². The van der Waals surface area contributed by atoms with Gasteiger partial charge in [0.25, 0.3) is 0 Å². The molecule has 2 N–H and O–H groups in total. The zero-order valence-corrected chi connectivity index (χ0v) is 12.8. The van der Waals surface area contributed by atoms with E-state index in [1.165, 1.54) is 23.9 Å². The Labute approximate surface area is 120 Å². The molecule has 0 aliphatic heterocycles. The number of nitrogens with two attached hydrogens (primary N) is 1. The summed E-state index contributed by atoms with van der Waals surface area (Å²) in [5, 5.41) is 0. The Morgan fingerprint density at radius 3 is 2.45 bits per heavy atom. The summed E-state index contributed by atoms with van der Waals surface area (Å²) >= 11 is 0. The predicted molar refractivity (Wildman–Crippen MR) is 79.2 cm³/mol. The Hall–Kier alpha value is -1.27. The Balaban J connectivity index is 2.27. The third-order valence-corrected chi connectivity index (χ3v) is 5.87. The molecular weight excluding hydrogens is 276 g/mol. The van der Waals surface area contributed by atoms with E-state index in [-0.39, 0.29) is 10.9 Å². The fraction of sp³-hybridized carbons (Fsp3) is 0.571. The molecule has 1 aromatic carbocycles. The highest BCUT2D eigenvalue weighted by Gasteiger charge is 2.29. The van der Waals surface area contributed by atoms with Gasteiger partial charge < -0.3 is 10.5 Å². The molecule has 0 amide bonds. The second-order valence-electron chi connectivity index (χ2n) is 5.22. The van der Waals surface area contributed by atoms with Gasteiger partial charge in [-0.3, -0.25) is 0 Å². The van der Waals surface area contributed by atoms with Crippen LogP contribution in [0.5, 0.6) is 5.75 Å². The molecule has 1 saturated carbocycles. The molecule has 1 aliphatic carbocycles. The molecule has 0 atom stereocenters. The van der Waals surface area contributed by atoms with E-state index in [9.17, 15) is 8.42 Å². The quantitative estimate of drug-likeness (QED) is 0.865. The molecule has 2 rings (SSSR count). The van der Waals surface area contributed by atoms with E-state index in [2.05, 4.69) is 0 Å². The molecule has 0 heterocycles. The van der Waals surface area contributed by atoms with Crippen LogP contribution in [0.25, 0.3) is 0 Å². The van der Waals surface area contributed by atoms with Gasteiger partial charge in [0.15, 0.2) is 0 Å². The molecule has 20 heavy (non-hydrogen) atoms. The molecule has 1 fully saturated rings. The van der Waals surface area contributed by atoms with E-state index in [0.717, 1.165) is 25.7 Å². The third-order valence-electron chi connectivity index (χ3n) is 3.97. The average molecular weight is 298 g/mol. The third kappa shape index (κ3) is 2.91. The van der Waals surface area contributed by atoms with Gasteiger partial charge in [-0.15, -0.1) is 0 Å². The fourth-order valence-corrected chi connectivity index (χ4v) is 4.13. The highest BCUT2D eigenvalue weighted by Crippen LogP contribution is 2.29. The highest BCUT2D eigenvalue weighted by molar-refractivity contribution is 7.89. The van der Waals surface area contributed by atoms with E-state index in [4.69, 9.17) is 10.5 Å². The van der Waals surface area contributed by atoms with Gasteiger partial charge in [-0.25, -0.2) is 8.42 Å². The zero-order valence-electron chi connectivity index (χ0n) is 12.0. The van der Waals surface area contributed by atoms with Crippen molar-refractivity contribution in [3.05, 3.63) is 18.2 Å². The van der Waals surface area contributed by atoms with Crippen LogP contribution in [0.4, 0.5) is 5.69 Å². The molecule has 0 spiro atoms. The lowest BCUT2D eigenvalue weighted by Crippen LogP contribution is -2.38. The predicted octanol–water partition coefficient (Wildman–Crippen LogP) is 2.23. The lowest BCUT2D eigenvalue weighted by atomic mass is 9.96. The van der Waals surface area contributed by atoms with Crippen LogP contribution in [0.3, 0.4) is 0 Å². The number of methoxy groups -OCH3 is 1. The van der Waals surface area contributed by atoms with E-state index in [1.807, 2.05) is 0 Å². The summed E-state index contributed by atoms with van der Waals surface area (Å²) < 4.78 is 31.8. The highest BCUT2D eigenvalue weighted by atomic mass is 32.2. The molecule has 0 unspecified atom stereocenters. The van der Waals surface area contributed by atoms with Crippen molar-refractivity contribution in [3.8, 4) is 5.75 Å². The summed E-state index contributed by atoms with van der Waals surface area (Å²) in [4.78, 5) is 0.226. The maximum atomic E-state index is 12.6. The molecule has 0 radical (unpaired) electrons. The molecule has 112 valence electrons.